The van der Waals surface area contributed by atoms with E-state index in [4.69, 9.17) is 0 Å². The van der Waals surface area contributed by atoms with Crippen molar-refractivity contribution < 1.29 is 0 Å². The van der Waals surface area contributed by atoms with Gasteiger partial charge in [0, 0.05) is 30.2 Å². The largest absolute Gasteiger partial charge is 0.298 e. The summed E-state index contributed by atoms with van der Waals surface area (Å²) in [6.45, 7) is 1.02. The zero-order chi connectivity index (χ0) is 11.4. The molecule has 0 N–H and O–H groups in total. The highest BCUT2D eigenvalue weighted by molar-refractivity contribution is 7.99. The van der Waals surface area contributed by atoms with Crippen LogP contribution in [0.4, 0.5) is 0 Å². The number of rotatable bonds is 4. The lowest BCUT2D eigenvalue weighted by atomic mass is 10.2. The Morgan fingerprint density at radius 3 is 3.06 bits per heavy atom. The topological polar surface area (TPSA) is 16.1 Å². The van der Waals surface area contributed by atoms with Gasteiger partial charge in [0.05, 0.1) is 0 Å². The molecule has 2 unspecified atom stereocenters. The van der Waals surface area contributed by atoms with Crippen LogP contribution in [0, 0.1) is 0 Å². The Morgan fingerprint density at radius 2 is 2.38 bits per heavy atom. The molecule has 1 saturated carbocycles. The first-order valence-electron chi connectivity index (χ1n) is 5.93. The molecule has 1 aromatic rings. The van der Waals surface area contributed by atoms with E-state index in [1.807, 2.05) is 30.2 Å². The maximum absolute atomic E-state index is 4.17. The maximum atomic E-state index is 4.17. The lowest BCUT2D eigenvalue weighted by Gasteiger charge is -2.28. The van der Waals surface area contributed by atoms with Crippen LogP contribution in [-0.2, 0) is 6.54 Å². The van der Waals surface area contributed by atoms with Gasteiger partial charge in [-0.05, 0) is 37.8 Å². The number of hydrogen-bond donors (Lipinski definition) is 0. The van der Waals surface area contributed by atoms with Crippen molar-refractivity contribution in [3.05, 3.63) is 30.1 Å². The van der Waals surface area contributed by atoms with E-state index in [0.29, 0.717) is 0 Å². The minimum Gasteiger partial charge on any atom is -0.298 e. The SMILES string of the molecule is CSC1CCCC1N(C)Cc1cccnc1. The zero-order valence-electron chi connectivity index (χ0n) is 10.1. The fourth-order valence-corrected chi connectivity index (χ4v) is 3.64. The summed E-state index contributed by atoms with van der Waals surface area (Å²) in [6.07, 6.45) is 10.2. The third-order valence-electron chi connectivity index (χ3n) is 3.44. The highest BCUT2D eigenvalue weighted by atomic mass is 32.2. The predicted molar refractivity (Wildman–Crippen MR) is 70.6 cm³/mol. The maximum Gasteiger partial charge on any atom is 0.0312 e. The van der Waals surface area contributed by atoms with Crippen LogP contribution in [0.25, 0.3) is 0 Å². The van der Waals surface area contributed by atoms with Crippen molar-refractivity contribution in [3.8, 4) is 0 Å². The fraction of sp³-hybridized carbons (Fsp3) is 0.615. The van der Waals surface area contributed by atoms with E-state index < -0.39 is 0 Å². The molecule has 0 saturated heterocycles. The lowest BCUT2D eigenvalue weighted by Crippen LogP contribution is -2.35. The Hall–Kier alpha value is -0.540. The smallest absolute Gasteiger partial charge is 0.0312 e. The van der Waals surface area contributed by atoms with E-state index >= 15 is 0 Å². The van der Waals surface area contributed by atoms with Gasteiger partial charge < -0.3 is 0 Å². The second kappa shape index (κ2) is 5.69. The van der Waals surface area contributed by atoms with Crippen LogP contribution >= 0.6 is 11.8 Å². The lowest BCUT2D eigenvalue weighted by molar-refractivity contribution is 0.241. The number of pyridine rings is 1. The van der Waals surface area contributed by atoms with Gasteiger partial charge in [0.2, 0.25) is 0 Å². The molecule has 0 aliphatic heterocycles. The summed E-state index contributed by atoms with van der Waals surface area (Å²) >= 11 is 2.02. The second-order valence-electron chi connectivity index (χ2n) is 4.55. The van der Waals surface area contributed by atoms with Crippen molar-refractivity contribution in [3.63, 3.8) is 0 Å². The van der Waals surface area contributed by atoms with Crippen LogP contribution in [0.1, 0.15) is 24.8 Å². The van der Waals surface area contributed by atoms with Crippen molar-refractivity contribution >= 4 is 11.8 Å². The van der Waals surface area contributed by atoms with Crippen LogP contribution in [0.3, 0.4) is 0 Å². The minimum absolute atomic E-state index is 0.746. The third kappa shape index (κ3) is 2.77. The van der Waals surface area contributed by atoms with Gasteiger partial charge in [0.1, 0.15) is 0 Å². The van der Waals surface area contributed by atoms with Crippen molar-refractivity contribution in [2.45, 2.75) is 37.1 Å². The van der Waals surface area contributed by atoms with Crippen molar-refractivity contribution in [1.82, 2.24) is 9.88 Å². The summed E-state index contributed by atoms with van der Waals surface area (Å²) in [6, 6.07) is 4.92. The Bertz CT molecular complexity index is 315. The molecule has 2 nitrogen and oxygen atoms in total. The van der Waals surface area contributed by atoms with E-state index in [1.165, 1.54) is 24.8 Å². The third-order valence-corrected chi connectivity index (χ3v) is 4.60. The first kappa shape index (κ1) is 11.9. The number of aromatic nitrogens is 1. The van der Waals surface area contributed by atoms with Gasteiger partial charge in [-0.1, -0.05) is 12.5 Å². The first-order valence-corrected chi connectivity index (χ1v) is 7.22. The number of thioether (sulfide) groups is 1. The van der Waals surface area contributed by atoms with Crippen LogP contribution in [0.15, 0.2) is 24.5 Å². The number of hydrogen-bond acceptors (Lipinski definition) is 3. The normalized spacial score (nSPS) is 25.2. The van der Waals surface area contributed by atoms with Crippen molar-refractivity contribution in [2.75, 3.05) is 13.3 Å². The Labute approximate surface area is 102 Å². The van der Waals surface area contributed by atoms with Gasteiger partial charge in [-0.15, -0.1) is 0 Å². The molecule has 1 aromatic heterocycles. The molecule has 0 bridgehead atoms. The average molecular weight is 236 g/mol. The number of nitrogens with zero attached hydrogens (tertiary/aromatic N) is 2. The first-order chi connectivity index (χ1) is 7.81. The molecule has 1 fully saturated rings. The van der Waals surface area contributed by atoms with Gasteiger partial charge in [-0.3, -0.25) is 9.88 Å². The minimum atomic E-state index is 0.746. The van der Waals surface area contributed by atoms with Gasteiger partial charge in [-0.25, -0.2) is 0 Å². The van der Waals surface area contributed by atoms with Gasteiger partial charge in [-0.2, -0.15) is 11.8 Å². The summed E-state index contributed by atoms with van der Waals surface area (Å²) in [4.78, 5) is 6.66. The Morgan fingerprint density at radius 1 is 1.50 bits per heavy atom. The van der Waals surface area contributed by atoms with E-state index in [1.54, 1.807) is 0 Å². The summed E-state index contributed by atoms with van der Waals surface area (Å²) < 4.78 is 0. The molecule has 0 amide bonds. The van der Waals surface area contributed by atoms with Crippen LogP contribution in [0.2, 0.25) is 0 Å². The van der Waals surface area contributed by atoms with E-state index in [9.17, 15) is 0 Å². The summed E-state index contributed by atoms with van der Waals surface area (Å²) in [5.41, 5.74) is 1.32. The molecular formula is C13H20N2S. The second-order valence-corrected chi connectivity index (χ2v) is 5.63. The molecule has 0 aromatic carbocycles. The van der Waals surface area contributed by atoms with E-state index in [2.05, 4.69) is 29.3 Å². The summed E-state index contributed by atoms with van der Waals surface area (Å²) in [7, 11) is 2.24. The van der Waals surface area contributed by atoms with Crippen molar-refractivity contribution in [1.29, 1.82) is 0 Å². The molecule has 88 valence electrons. The predicted octanol–water partition coefficient (Wildman–Crippen LogP) is 2.80. The van der Waals surface area contributed by atoms with Crippen molar-refractivity contribution in [2.24, 2.45) is 0 Å². The molecule has 16 heavy (non-hydrogen) atoms. The Kier molecular flexibility index (Phi) is 4.24. The average Bonchev–Trinajstić information content (AvgIpc) is 2.78. The molecule has 1 aliphatic rings. The van der Waals surface area contributed by atoms with E-state index in [0.717, 1.165) is 17.8 Å². The van der Waals surface area contributed by atoms with E-state index in [-0.39, 0.29) is 0 Å². The van der Waals surface area contributed by atoms with Gasteiger partial charge in [0.15, 0.2) is 0 Å². The Balaban J connectivity index is 1.95. The molecule has 2 rings (SSSR count). The quantitative estimate of drug-likeness (QED) is 0.799. The van der Waals surface area contributed by atoms with Gasteiger partial charge in [0.25, 0.3) is 0 Å². The standard InChI is InChI=1S/C13H20N2S/c1-15(10-11-5-4-8-14-9-11)12-6-3-7-13(12)16-2/h4-5,8-9,12-13H,3,6-7,10H2,1-2H3. The summed E-state index contributed by atoms with van der Waals surface area (Å²) in [5, 5.41) is 0.821. The van der Waals surface area contributed by atoms with Crippen LogP contribution in [0.5, 0.6) is 0 Å². The highest BCUT2D eigenvalue weighted by Gasteiger charge is 2.29. The summed E-state index contributed by atoms with van der Waals surface area (Å²) in [5.74, 6) is 0. The fourth-order valence-electron chi connectivity index (χ4n) is 2.58. The molecular weight excluding hydrogens is 216 g/mol. The molecule has 0 radical (unpaired) electrons. The zero-order valence-corrected chi connectivity index (χ0v) is 10.9. The van der Waals surface area contributed by atoms with Crippen LogP contribution in [-0.4, -0.2) is 34.5 Å². The monoisotopic (exact) mass is 236 g/mol. The molecule has 0 spiro atoms. The van der Waals surface area contributed by atoms with Crippen LogP contribution < -0.4 is 0 Å². The molecule has 3 heteroatoms. The molecule has 1 heterocycles. The highest BCUT2D eigenvalue weighted by Crippen LogP contribution is 2.32. The molecule has 1 aliphatic carbocycles. The van der Waals surface area contributed by atoms with Gasteiger partial charge >= 0.3 is 0 Å². The molecule has 2 atom stereocenters.